The number of rotatable bonds is 0. The van der Waals surface area contributed by atoms with E-state index in [1.54, 1.807) is 12.3 Å². The van der Waals surface area contributed by atoms with Crippen LogP contribution in [-0.4, -0.2) is 6.23 Å². The molecular formula is C3H5NO. The number of ether oxygens (including phenoxy) is 1. The maximum absolute atomic E-state index is 5.07. The van der Waals surface area contributed by atoms with Crippen LogP contribution in [0.4, 0.5) is 0 Å². The lowest BCUT2D eigenvalue weighted by Crippen LogP contribution is -2.24. The molecule has 0 aromatic carbocycles. The van der Waals surface area contributed by atoms with Gasteiger partial charge in [0.15, 0.2) is 6.23 Å². The number of hydrogen-bond acceptors (Lipinski definition) is 2. The fourth-order valence-electron chi connectivity index (χ4n) is 0.169. The number of hydrogen-bond donors (Lipinski definition) is 1. The van der Waals surface area contributed by atoms with Crippen LogP contribution in [0.25, 0.3) is 0 Å². The lowest BCUT2D eigenvalue weighted by molar-refractivity contribution is 0.146. The molecule has 0 amide bonds. The van der Waals surface area contributed by atoms with Gasteiger partial charge in [-0.3, -0.25) is 5.73 Å². The van der Waals surface area contributed by atoms with Crippen LogP contribution in [0.2, 0.25) is 0 Å². The van der Waals surface area contributed by atoms with E-state index < -0.39 is 0 Å². The molecule has 5 heavy (non-hydrogen) atoms. The molecule has 0 aliphatic carbocycles. The van der Waals surface area contributed by atoms with E-state index in [0.717, 1.165) is 0 Å². The third-order valence-electron chi connectivity index (χ3n) is 0.504. The Morgan fingerprint density at radius 3 is 2.20 bits per heavy atom. The van der Waals surface area contributed by atoms with Crippen molar-refractivity contribution in [1.29, 1.82) is 0 Å². The molecule has 0 aromatic heterocycles. The summed E-state index contributed by atoms with van der Waals surface area (Å²) in [4.78, 5) is 0. The highest BCUT2D eigenvalue weighted by Crippen LogP contribution is 1.95. The van der Waals surface area contributed by atoms with Crippen molar-refractivity contribution < 1.29 is 4.74 Å². The zero-order valence-corrected chi connectivity index (χ0v) is 2.72. The minimum absolute atomic E-state index is 0.116. The van der Waals surface area contributed by atoms with E-state index in [0.29, 0.717) is 0 Å². The minimum Gasteiger partial charge on any atom is -0.480 e. The third-order valence-corrected chi connectivity index (χ3v) is 0.504. The van der Waals surface area contributed by atoms with Gasteiger partial charge in [-0.05, 0) is 0 Å². The van der Waals surface area contributed by atoms with Gasteiger partial charge in [0.2, 0.25) is 0 Å². The second-order valence-corrected chi connectivity index (χ2v) is 0.929. The van der Waals surface area contributed by atoms with E-state index in [9.17, 15) is 0 Å². The summed E-state index contributed by atoms with van der Waals surface area (Å²) >= 11 is 0. The first-order valence-electron chi connectivity index (χ1n) is 1.47. The summed E-state index contributed by atoms with van der Waals surface area (Å²) in [5, 5.41) is 0. The maximum Gasteiger partial charge on any atom is 0.169 e. The van der Waals surface area contributed by atoms with Gasteiger partial charge < -0.3 is 4.74 Å². The third kappa shape index (κ3) is 0.260. The van der Waals surface area contributed by atoms with Crippen molar-refractivity contribution in [2.45, 2.75) is 6.23 Å². The molecule has 1 unspecified atom stereocenters. The lowest BCUT2D eigenvalue weighted by Gasteiger charge is -2.12. The second kappa shape index (κ2) is 0.723. The number of nitrogens with two attached hydrogens (primary N) is 1. The first-order chi connectivity index (χ1) is 2.39. The molecule has 1 atom stereocenters. The highest BCUT2D eigenvalue weighted by atomic mass is 16.5. The Morgan fingerprint density at radius 1 is 1.80 bits per heavy atom. The Bertz CT molecular complexity index is 59.9. The van der Waals surface area contributed by atoms with Crippen molar-refractivity contribution in [3.8, 4) is 0 Å². The molecule has 0 spiro atoms. The zero-order valence-electron chi connectivity index (χ0n) is 2.72. The van der Waals surface area contributed by atoms with E-state index in [1.807, 2.05) is 0 Å². The van der Waals surface area contributed by atoms with Gasteiger partial charge in [-0.25, -0.2) is 0 Å². The quantitative estimate of drug-likeness (QED) is 0.429. The van der Waals surface area contributed by atoms with E-state index in [4.69, 9.17) is 5.73 Å². The second-order valence-electron chi connectivity index (χ2n) is 0.929. The predicted octanol–water partition coefficient (Wildman–Crippen LogP) is -0.185. The van der Waals surface area contributed by atoms with Gasteiger partial charge >= 0.3 is 0 Å². The summed E-state index contributed by atoms with van der Waals surface area (Å²) in [6.45, 7) is 0. The molecule has 28 valence electrons. The largest absolute Gasteiger partial charge is 0.480 e. The van der Waals surface area contributed by atoms with Crippen LogP contribution >= 0.6 is 0 Å². The van der Waals surface area contributed by atoms with E-state index in [2.05, 4.69) is 4.74 Å². The normalized spacial score (nSPS) is 31.8. The average molecular weight is 71.1 g/mol. The summed E-state index contributed by atoms with van der Waals surface area (Å²) in [5.74, 6) is 0. The van der Waals surface area contributed by atoms with Crippen molar-refractivity contribution in [2.24, 2.45) is 5.73 Å². The van der Waals surface area contributed by atoms with Crippen LogP contribution < -0.4 is 5.73 Å². The topological polar surface area (TPSA) is 35.2 Å². The van der Waals surface area contributed by atoms with Crippen LogP contribution in [0.3, 0.4) is 0 Å². The summed E-state index contributed by atoms with van der Waals surface area (Å²) in [7, 11) is 0. The fourth-order valence-corrected chi connectivity index (χ4v) is 0.169. The summed E-state index contributed by atoms with van der Waals surface area (Å²) in [6, 6.07) is 0. The summed E-state index contributed by atoms with van der Waals surface area (Å²) in [5.41, 5.74) is 5.07. The molecule has 1 aliphatic rings. The van der Waals surface area contributed by atoms with Crippen LogP contribution in [0, 0.1) is 0 Å². The molecule has 0 bridgehead atoms. The summed E-state index contributed by atoms with van der Waals surface area (Å²) in [6.07, 6.45) is 3.24. The van der Waals surface area contributed by atoms with Crippen LogP contribution in [-0.2, 0) is 4.74 Å². The zero-order chi connectivity index (χ0) is 3.70. The molecule has 1 heterocycles. The smallest absolute Gasteiger partial charge is 0.169 e. The van der Waals surface area contributed by atoms with Gasteiger partial charge in [-0.2, -0.15) is 0 Å². The standard InChI is InChI=1S/C3H5NO/c4-3-1-2-5-3/h1-3H,4H2. The Kier molecular flexibility index (Phi) is 0.394. The van der Waals surface area contributed by atoms with Gasteiger partial charge in [0, 0.05) is 6.08 Å². The van der Waals surface area contributed by atoms with Gasteiger partial charge in [0.25, 0.3) is 0 Å². The molecule has 1 aliphatic heterocycles. The molecule has 1 rings (SSSR count). The first kappa shape index (κ1) is 2.72. The van der Waals surface area contributed by atoms with Gasteiger partial charge in [-0.1, -0.05) is 0 Å². The SMILES string of the molecule is NC1C=CO1. The Labute approximate surface area is 30.2 Å². The Balaban J connectivity index is 2.39. The van der Waals surface area contributed by atoms with Crippen molar-refractivity contribution in [1.82, 2.24) is 0 Å². The predicted molar refractivity (Wildman–Crippen MR) is 18.2 cm³/mol. The van der Waals surface area contributed by atoms with E-state index >= 15 is 0 Å². The van der Waals surface area contributed by atoms with Crippen molar-refractivity contribution in [3.05, 3.63) is 12.3 Å². The molecule has 0 saturated carbocycles. The molecule has 2 heteroatoms. The average Bonchev–Trinajstić information content (AvgIpc) is 1.30. The fraction of sp³-hybridized carbons (Fsp3) is 0.333. The highest BCUT2D eigenvalue weighted by molar-refractivity contribution is 4.89. The van der Waals surface area contributed by atoms with E-state index in [1.165, 1.54) is 0 Å². The summed E-state index contributed by atoms with van der Waals surface area (Å²) < 4.78 is 4.53. The molecule has 2 nitrogen and oxygen atoms in total. The minimum atomic E-state index is -0.116. The van der Waals surface area contributed by atoms with Crippen LogP contribution in [0.5, 0.6) is 0 Å². The molecule has 0 aromatic rings. The molecular weight excluding hydrogens is 66.0 g/mol. The lowest BCUT2D eigenvalue weighted by atomic mass is 10.5. The Hall–Kier alpha value is -0.500. The highest BCUT2D eigenvalue weighted by Gasteiger charge is 1.99. The van der Waals surface area contributed by atoms with Crippen LogP contribution in [0.15, 0.2) is 12.3 Å². The Morgan fingerprint density at radius 2 is 2.20 bits per heavy atom. The van der Waals surface area contributed by atoms with Gasteiger partial charge in [-0.15, -0.1) is 0 Å². The van der Waals surface area contributed by atoms with Gasteiger partial charge in [0.1, 0.15) is 0 Å². The van der Waals surface area contributed by atoms with E-state index in [-0.39, 0.29) is 6.23 Å². The van der Waals surface area contributed by atoms with Gasteiger partial charge in [0.05, 0.1) is 6.26 Å². The monoisotopic (exact) mass is 71.0 g/mol. The maximum atomic E-state index is 5.07. The molecule has 0 radical (unpaired) electrons. The van der Waals surface area contributed by atoms with Crippen molar-refractivity contribution >= 4 is 0 Å². The van der Waals surface area contributed by atoms with Crippen molar-refractivity contribution in [3.63, 3.8) is 0 Å². The molecule has 0 fully saturated rings. The van der Waals surface area contributed by atoms with Crippen molar-refractivity contribution in [2.75, 3.05) is 0 Å². The first-order valence-corrected chi connectivity index (χ1v) is 1.47. The molecule has 2 N–H and O–H groups in total. The molecule has 0 saturated heterocycles. The van der Waals surface area contributed by atoms with Crippen LogP contribution in [0.1, 0.15) is 0 Å².